The van der Waals surface area contributed by atoms with Gasteiger partial charge in [0.15, 0.2) is 0 Å². The molecule has 0 radical (unpaired) electrons. The molecule has 0 spiro atoms. The highest BCUT2D eigenvalue weighted by Gasteiger charge is 2.11. The van der Waals surface area contributed by atoms with Crippen molar-refractivity contribution in [1.82, 2.24) is 9.97 Å². The lowest BCUT2D eigenvalue weighted by atomic mass is 9.98. The number of ether oxygens (including phenoxy) is 1. The van der Waals surface area contributed by atoms with E-state index < -0.39 is 0 Å². The molecule has 136 valence electrons. The van der Waals surface area contributed by atoms with E-state index in [0.29, 0.717) is 18.4 Å². The summed E-state index contributed by atoms with van der Waals surface area (Å²) in [5.41, 5.74) is 9.63. The lowest BCUT2D eigenvalue weighted by Crippen LogP contribution is -2.18. The average molecular weight is 349 g/mol. The second-order valence-corrected chi connectivity index (χ2v) is 7.15. The van der Waals surface area contributed by atoms with Gasteiger partial charge in [0.2, 0.25) is 0 Å². The molecule has 0 aliphatic carbocycles. The first kappa shape index (κ1) is 18.3. The second kappa shape index (κ2) is 8.28. The molecule has 0 saturated carbocycles. The van der Waals surface area contributed by atoms with Crippen molar-refractivity contribution in [2.75, 3.05) is 13.2 Å². The molecule has 3 aromatic rings. The number of hydrogen-bond acceptors (Lipinski definition) is 4. The maximum atomic E-state index is 6.01. The Morgan fingerprint density at radius 2 is 1.85 bits per heavy atom. The molecule has 0 saturated heterocycles. The van der Waals surface area contributed by atoms with Crippen LogP contribution in [0.25, 0.3) is 22.2 Å². The number of nitrogens with two attached hydrogens (primary N) is 1. The maximum Gasteiger partial charge on any atom is 0.140 e. The minimum absolute atomic E-state index is 0.469. The summed E-state index contributed by atoms with van der Waals surface area (Å²) in [7, 11) is 0. The van der Waals surface area contributed by atoms with Crippen molar-refractivity contribution in [2.24, 2.45) is 17.6 Å². The molecule has 1 aromatic carbocycles. The van der Waals surface area contributed by atoms with Crippen molar-refractivity contribution in [3.8, 4) is 17.0 Å². The number of nitrogens with zero attached hydrogens (tertiary/aromatic N) is 2. The van der Waals surface area contributed by atoms with Crippen LogP contribution in [0.5, 0.6) is 5.75 Å². The SMILES string of the molecule is Cc1nc(-c2ccnc3ccccc23)ccc1OCC(C)CC(C)CN. The summed E-state index contributed by atoms with van der Waals surface area (Å²) in [6.45, 7) is 7.78. The van der Waals surface area contributed by atoms with Crippen molar-refractivity contribution < 1.29 is 4.74 Å². The van der Waals surface area contributed by atoms with Crippen molar-refractivity contribution in [3.05, 3.63) is 54.4 Å². The predicted octanol–water partition coefficient (Wildman–Crippen LogP) is 4.61. The zero-order chi connectivity index (χ0) is 18.5. The first-order valence-electron chi connectivity index (χ1n) is 9.23. The number of rotatable bonds is 7. The van der Waals surface area contributed by atoms with Gasteiger partial charge in [0.05, 0.1) is 23.5 Å². The molecule has 3 rings (SSSR count). The number of hydrogen-bond donors (Lipinski definition) is 1. The zero-order valence-corrected chi connectivity index (χ0v) is 15.8. The van der Waals surface area contributed by atoms with Crippen LogP contribution >= 0.6 is 0 Å². The fourth-order valence-corrected chi connectivity index (χ4v) is 3.25. The summed E-state index contributed by atoms with van der Waals surface area (Å²) in [5, 5.41) is 1.11. The van der Waals surface area contributed by atoms with Gasteiger partial charge >= 0.3 is 0 Å². The van der Waals surface area contributed by atoms with E-state index in [-0.39, 0.29) is 0 Å². The van der Waals surface area contributed by atoms with Crippen LogP contribution in [0.3, 0.4) is 0 Å². The lowest BCUT2D eigenvalue weighted by molar-refractivity contribution is 0.235. The molecular weight excluding hydrogens is 322 g/mol. The van der Waals surface area contributed by atoms with E-state index >= 15 is 0 Å². The Bertz CT molecular complexity index is 873. The fraction of sp³-hybridized carbons (Fsp3) is 0.364. The molecule has 2 N–H and O–H groups in total. The summed E-state index contributed by atoms with van der Waals surface area (Å²) >= 11 is 0. The number of aromatic nitrogens is 2. The van der Waals surface area contributed by atoms with Crippen molar-refractivity contribution >= 4 is 10.9 Å². The van der Waals surface area contributed by atoms with E-state index in [0.717, 1.165) is 46.6 Å². The van der Waals surface area contributed by atoms with E-state index in [1.165, 1.54) is 0 Å². The third-order valence-electron chi connectivity index (χ3n) is 4.69. The summed E-state index contributed by atoms with van der Waals surface area (Å²) in [4.78, 5) is 9.20. The van der Waals surface area contributed by atoms with Gasteiger partial charge in [0.25, 0.3) is 0 Å². The van der Waals surface area contributed by atoms with Crippen LogP contribution in [0.15, 0.2) is 48.7 Å². The normalized spacial score (nSPS) is 13.5. The minimum Gasteiger partial charge on any atom is -0.491 e. The molecule has 0 fully saturated rings. The Balaban J connectivity index is 1.77. The predicted molar refractivity (Wildman–Crippen MR) is 107 cm³/mol. The Kier molecular flexibility index (Phi) is 5.84. The van der Waals surface area contributed by atoms with E-state index in [2.05, 4.69) is 24.9 Å². The second-order valence-electron chi connectivity index (χ2n) is 7.15. The van der Waals surface area contributed by atoms with Crippen LogP contribution in [0.4, 0.5) is 0 Å². The highest BCUT2D eigenvalue weighted by molar-refractivity contribution is 5.93. The van der Waals surface area contributed by atoms with Crippen LogP contribution < -0.4 is 10.5 Å². The van der Waals surface area contributed by atoms with Gasteiger partial charge in [-0.3, -0.25) is 4.98 Å². The molecule has 2 heterocycles. The number of fused-ring (bicyclic) bond motifs is 1. The van der Waals surface area contributed by atoms with Crippen LogP contribution in [0.2, 0.25) is 0 Å². The number of pyridine rings is 2. The molecule has 4 nitrogen and oxygen atoms in total. The molecule has 2 atom stereocenters. The van der Waals surface area contributed by atoms with Crippen LogP contribution in [-0.2, 0) is 0 Å². The molecule has 0 amide bonds. The third-order valence-corrected chi connectivity index (χ3v) is 4.69. The Hall–Kier alpha value is -2.46. The molecule has 26 heavy (non-hydrogen) atoms. The van der Waals surface area contributed by atoms with E-state index in [1.54, 1.807) is 0 Å². The summed E-state index contributed by atoms with van der Waals surface area (Å²) < 4.78 is 6.01. The third kappa shape index (κ3) is 4.20. The molecular formula is C22H27N3O. The van der Waals surface area contributed by atoms with Gasteiger partial charge in [-0.2, -0.15) is 0 Å². The van der Waals surface area contributed by atoms with E-state index in [1.807, 2.05) is 49.5 Å². The first-order chi connectivity index (χ1) is 12.6. The summed E-state index contributed by atoms with van der Waals surface area (Å²) in [6.07, 6.45) is 2.91. The topological polar surface area (TPSA) is 61.0 Å². The van der Waals surface area contributed by atoms with E-state index in [9.17, 15) is 0 Å². The lowest BCUT2D eigenvalue weighted by Gasteiger charge is -2.17. The summed E-state index contributed by atoms with van der Waals surface area (Å²) in [5.74, 6) is 1.84. The Morgan fingerprint density at radius 3 is 2.62 bits per heavy atom. The van der Waals surface area contributed by atoms with Crippen molar-refractivity contribution in [1.29, 1.82) is 0 Å². The number of para-hydroxylation sites is 1. The van der Waals surface area contributed by atoms with Crippen LogP contribution in [0.1, 0.15) is 26.0 Å². The zero-order valence-electron chi connectivity index (χ0n) is 15.8. The van der Waals surface area contributed by atoms with Crippen LogP contribution in [0, 0.1) is 18.8 Å². The average Bonchev–Trinajstić information content (AvgIpc) is 2.66. The maximum absolute atomic E-state index is 6.01. The van der Waals surface area contributed by atoms with Crippen LogP contribution in [-0.4, -0.2) is 23.1 Å². The first-order valence-corrected chi connectivity index (χ1v) is 9.23. The monoisotopic (exact) mass is 349 g/mol. The standard InChI is InChI=1S/C22H27N3O/c1-15(13-23)12-16(2)14-26-22-9-8-21(25-17(22)3)19-10-11-24-20-7-5-4-6-18(19)20/h4-11,15-16H,12-14,23H2,1-3H3. The summed E-state index contributed by atoms with van der Waals surface area (Å²) in [6, 6.07) is 14.2. The largest absolute Gasteiger partial charge is 0.491 e. The van der Waals surface area contributed by atoms with Gasteiger partial charge in [-0.15, -0.1) is 0 Å². The Morgan fingerprint density at radius 1 is 1.04 bits per heavy atom. The fourth-order valence-electron chi connectivity index (χ4n) is 3.25. The van der Waals surface area contributed by atoms with E-state index in [4.69, 9.17) is 15.5 Å². The molecule has 0 aliphatic rings. The van der Waals surface area contributed by atoms with Gasteiger partial charge in [0, 0.05) is 17.1 Å². The van der Waals surface area contributed by atoms with Gasteiger partial charge in [0.1, 0.15) is 5.75 Å². The quantitative estimate of drug-likeness (QED) is 0.677. The smallest absolute Gasteiger partial charge is 0.140 e. The molecule has 2 unspecified atom stereocenters. The van der Waals surface area contributed by atoms with Crippen molar-refractivity contribution in [3.63, 3.8) is 0 Å². The highest BCUT2D eigenvalue weighted by atomic mass is 16.5. The molecule has 0 bridgehead atoms. The van der Waals surface area contributed by atoms with Gasteiger partial charge in [-0.25, -0.2) is 4.98 Å². The number of benzene rings is 1. The molecule has 4 heteroatoms. The Labute approximate surface area is 155 Å². The highest BCUT2D eigenvalue weighted by Crippen LogP contribution is 2.28. The van der Waals surface area contributed by atoms with Gasteiger partial charge < -0.3 is 10.5 Å². The number of aryl methyl sites for hydroxylation is 1. The van der Waals surface area contributed by atoms with Gasteiger partial charge in [-0.1, -0.05) is 32.0 Å². The van der Waals surface area contributed by atoms with Crippen molar-refractivity contribution in [2.45, 2.75) is 27.2 Å². The molecule has 0 aliphatic heterocycles. The molecule has 2 aromatic heterocycles. The van der Waals surface area contributed by atoms with Gasteiger partial charge in [-0.05, 0) is 56.0 Å². The minimum atomic E-state index is 0.469.